The molecule has 3 amide bonds. The first-order valence-corrected chi connectivity index (χ1v) is 13.2. The van der Waals surface area contributed by atoms with E-state index in [2.05, 4.69) is 10.4 Å². The van der Waals surface area contributed by atoms with Gasteiger partial charge < -0.3 is 24.6 Å². The van der Waals surface area contributed by atoms with E-state index in [-0.39, 0.29) is 30.2 Å². The number of hydrogen-bond acceptors (Lipinski definition) is 8. The number of anilines is 1. The Morgan fingerprint density at radius 3 is 2.41 bits per heavy atom. The molecule has 0 aliphatic carbocycles. The van der Waals surface area contributed by atoms with Crippen LogP contribution in [0.5, 0.6) is 5.75 Å². The zero-order chi connectivity index (χ0) is 29.5. The van der Waals surface area contributed by atoms with Gasteiger partial charge in [0.1, 0.15) is 18.4 Å². The van der Waals surface area contributed by atoms with Crippen LogP contribution in [0.4, 0.5) is 16.2 Å². The molecule has 1 fully saturated rings. The molecule has 0 bridgehead atoms. The van der Waals surface area contributed by atoms with Gasteiger partial charge in [-0.05, 0) is 50.6 Å². The second-order valence-corrected chi connectivity index (χ2v) is 9.49. The summed E-state index contributed by atoms with van der Waals surface area (Å²) in [6, 6.07) is 12.1. The van der Waals surface area contributed by atoms with Crippen LogP contribution in [0.3, 0.4) is 0 Å². The second kappa shape index (κ2) is 12.9. The van der Waals surface area contributed by atoms with Crippen LogP contribution in [0.15, 0.2) is 54.7 Å². The van der Waals surface area contributed by atoms with E-state index in [1.54, 1.807) is 55.0 Å². The molecule has 3 aromatic rings. The highest BCUT2D eigenvalue weighted by Crippen LogP contribution is 2.21. The molecule has 2 aromatic carbocycles. The van der Waals surface area contributed by atoms with Gasteiger partial charge in [0.2, 0.25) is 5.91 Å². The topological polar surface area (TPSA) is 149 Å². The standard InChI is InChI=1S/C28H32N6O7/c1-4-40-28(37)32-14-12-31(13-15-32)27(36)20(3)33-17-25(19(2)30-33)29-26(35)22-7-5-6-21(16-22)18-41-24-10-8-23(9-11-24)34(38)39/h5-11,16-17,20H,4,12-15,18H2,1-3H3,(H,29,35). The zero-order valence-corrected chi connectivity index (χ0v) is 23.1. The third-order valence-corrected chi connectivity index (χ3v) is 6.68. The average molecular weight is 565 g/mol. The summed E-state index contributed by atoms with van der Waals surface area (Å²) in [6.07, 6.45) is 1.25. The fraction of sp³-hybridized carbons (Fsp3) is 0.357. The van der Waals surface area contributed by atoms with Crippen molar-refractivity contribution in [2.24, 2.45) is 0 Å². The summed E-state index contributed by atoms with van der Waals surface area (Å²) >= 11 is 0. The summed E-state index contributed by atoms with van der Waals surface area (Å²) in [6.45, 7) is 7.30. The zero-order valence-electron chi connectivity index (χ0n) is 23.1. The number of hydrogen-bond donors (Lipinski definition) is 1. The van der Waals surface area contributed by atoms with Crippen molar-refractivity contribution in [2.45, 2.75) is 33.4 Å². The first kappa shape index (κ1) is 29.1. The third-order valence-electron chi connectivity index (χ3n) is 6.68. The number of ether oxygens (including phenoxy) is 2. The minimum Gasteiger partial charge on any atom is -0.489 e. The molecule has 0 spiro atoms. The van der Waals surface area contributed by atoms with Crippen LogP contribution >= 0.6 is 0 Å². The normalized spacial score (nSPS) is 13.8. The van der Waals surface area contributed by atoms with E-state index >= 15 is 0 Å². The molecule has 1 aromatic heterocycles. The number of benzene rings is 2. The number of aryl methyl sites for hydroxylation is 1. The Bertz CT molecular complexity index is 1410. The maximum atomic E-state index is 13.1. The van der Waals surface area contributed by atoms with Crippen molar-refractivity contribution in [1.29, 1.82) is 0 Å². The minimum absolute atomic E-state index is 0.0257. The van der Waals surface area contributed by atoms with Crippen LogP contribution in [-0.2, 0) is 16.1 Å². The Morgan fingerprint density at radius 1 is 1.07 bits per heavy atom. The van der Waals surface area contributed by atoms with Crippen LogP contribution in [0.1, 0.15) is 41.5 Å². The fourth-order valence-electron chi connectivity index (χ4n) is 4.33. The molecular formula is C28H32N6O7. The largest absolute Gasteiger partial charge is 0.489 e. The number of nitrogens with zero attached hydrogens (tertiary/aromatic N) is 5. The molecule has 1 saturated heterocycles. The molecule has 1 aliphatic heterocycles. The lowest BCUT2D eigenvalue weighted by Crippen LogP contribution is -2.52. The van der Waals surface area contributed by atoms with Crippen molar-refractivity contribution in [3.05, 3.63) is 81.7 Å². The smallest absolute Gasteiger partial charge is 0.409 e. The molecular weight excluding hydrogens is 532 g/mol. The predicted octanol–water partition coefficient (Wildman–Crippen LogP) is 3.79. The van der Waals surface area contributed by atoms with E-state index in [0.717, 1.165) is 5.56 Å². The van der Waals surface area contributed by atoms with Crippen LogP contribution in [0, 0.1) is 17.0 Å². The van der Waals surface area contributed by atoms with Crippen molar-refractivity contribution in [3.8, 4) is 5.75 Å². The number of nitrogens with one attached hydrogen (secondary N) is 1. The van der Waals surface area contributed by atoms with E-state index in [0.29, 0.717) is 55.5 Å². The van der Waals surface area contributed by atoms with E-state index in [1.165, 1.54) is 28.9 Å². The van der Waals surface area contributed by atoms with Crippen LogP contribution in [0.25, 0.3) is 0 Å². The van der Waals surface area contributed by atoms with E-state index in [1.807, 2.05) is 6.07 Å². The molecule has 2 heterocycles. The quantitative estimate of drug-likeness (QED) is 0.305. The van der Waals surface area contributed by atoms with E-state index in [9.17, 15) is 24.5 Å². The number of carbonyl (C=O) groups is 3. The minimum atomic E-state index is -0.603. The van der Waals surface area contributed by atoms with E-state index < -0.39 is 11.0 Å². The Hall–Kier alpha value is -4.94. The van der Waals surface area contributed by atoms with Crippen LogP contribution in [0.2, 0.25) is 0 Å². The van der Waals surface area contributed by atoms with Gasteiger partial charge in [0, 0.05) is 50.1 Å². The lowest BCUT2D eigenvalue weighted by atomic mass is 10.1. The van der Waals surface area contributed by atoms with Crippen molar-refractivity contribution < 1.29 is 28.8 Å². The lowest BCUT2D eigenvalue weighted by molar-refractivity contribution is -0.384. The fourth-order valence-corrected chi connectivity index (χ4v) is 4.33. The maximum absolute atomic E-state index is 13.1. The average Bonchev–Trinajstić information content (AvgIpc) is 3.35. The van der Waals surface area contributed by atoms with Gasteiger partial charge in [0.05, 0.1) is 22.9 Å². The number of aromatic nitrogens is 2. The lowest BCUT2D eigenvalue weighted by Gasteiger charge is -2.35. The van der Waals surface area contributed by atoms with Gasteiger partial charge in [-0.25, -0.2) is 4.79 Å². The highest BCUT2D eigenvalue weighted by Gasteiger charge is 2.29. The highest BCUT2D eigenvalue weighted by atomic mass is 16.6. The van der Waals surface area contributed by atoms with Gasteiger partial charge in [-0.15, -0.1) is 0 Å². The number of piperazine rings is 1. The Morgan fingerprint density at radius 2 is 1.76 bits per heavy atom. The summed E-state index contributed by atoms with van der Waals surface area (Å²) < 4.78 is 12.3. The van der Waals surface area contributed by atoms with Crippen molar-refractivity contribution in [2.75, 3.05) is 38.1 Å². The summed E-state index contributed by atoms with van der Waals surface area (Å²) in [5.41, 5.74) is 2.16. The van der Waals surface area contributed by atoms with Crippen LogP contribution < -0.4 is 10.1 Å². The maximum Gasteiger partial charge on any atom is 0.409 e. The summed E-state index contributed by atoms with van der Waals surface area (Å²) in [5, 5.41) is 18.1. The molecule has 1 N–H and O–H groups in total. The number of non-ortho nitro benzene ring substituents is 1. The molecule has 1 unspecified atom stereocenters. The molecule has 13 heteroatoms. The summed E-state index contributed by atoms with van der Waals surface area (Å²) in [7, 11) is 0. The summed E-state index contributed by atoms with van der Waals surface area (Å²) in [5.74, 6) is -0.00783. The van der Waals surface area contributed by atoms with Crippen LogP contribution in [-0.4, -0.2) is 75.2 Å². The summed E-state index contributed by atoms with van der Waals surface area (Å²) in [4.78, 5) is 51.7. The number of rotatable bonds is 9. The van der Waals surface area contributed by atoms with Gasteiger partial charge in [0.15, 0.2) is 0 Å². The number of carbonyl (C=O) groups excluding carboxylic acids is 3. The monoisotopic (exact) mass is 564 g/mol. The van der Waals surface area contributed by atoms with E-state index in [4.69, 9.17) is 9.47 Å². The Balaban J connectivity index is 1.34. The third kappa shape index (κ3) is 7.18. The van der Waals surface area contributed by atoms with Crippen molar-refractivity contribution in [3.63, 3.8) is 0 Å². The predicted molar refractivity (Wildman–Crippen MR) is 149 cm³/mol. The van der Waals surface area contributed by atoms with Gasteiger partial charge >= 0.3 is 6.09 Å². The van der Waals surface area contributed by atoms with Crippen molar-refractivity contribution in [1.82, 2.24) is 19.6 Å². The second-order valence-electron chi connectivity index (χ2n) is 9.49. The van der Waals surface area contributed by atoms with Crippen molar-refractivity contribution >= 4 is 29.3 Å². The number of nitro groups is 1. The van der Waals surface area contributed by atoms with Gasteiger partial charge in [-0.1, -0.05) is 12.1 Å². The van der Waals surface area contributed by atoms with Gasteiger partial charge in [-0.2, -0.15) is 5.10 Å². The SMILES string of the molecule is CCOC(=O)N1CCN(C(=O)C(C)n2cc(NC(=O)c3cccc(COc4ccc([N+](=O)[O-])cc4)c3)c(C)n2)CC1. The Kier molecular flexibility index (Phi) is 9.17. The molecule has 216 valence electrons. The molecule has 41 heavy (non-hydrogen) atoms. The first-order chi connectivity index (χ1) is 19.7. The molecule has 0 saturated carbocycles. The number of nitro benzene ring substituents is 1. The molecule has 1 aliphatic rings. The number of amides is 3. The van der Waals surface area contributed by atoms with Gasteiger partial charge in [0.25, 0.3) is 11.6 Å². The molecule has 13 nitrogen and oxygen atoms in total. The molecule has 1 atom stereocenters. The molecule has 0 radical (unpaired) electrons. The molecule has 4 rings (SSSR count). The first-order valence-electron chi connectivity index (χ1n) is 13.2. The van der Waals surface area contributed by atoms with Gasteiger partial charge in [-0.3, -0.25) is 24.4 Å². The highest BCUT2D eigenvalue weighted by molar-refractivity contribution is 6.04. The Labute approximate surface area is 236 Å².